The summed E-state index contributed by atoms with van der Waals surface area (Å²) in [7, 11) is 0. The smallest absolute Gasteiger partial charge is 0.230 e. The number of hydrogen-bond donors (Lipinski definition) is 2. The van der Waals surface area contributed by atoms with Gasteiger partial charge in [0, 0.05) is 11.1 Å². The van der Waals surface area contributed by atoms with Gasteiger partial charge in [-0.3, -0.25) is 4.79 Å². The van der Waals surface area contributed by atoms with Crippen LogP contribution < -0.4 is 5.32 Å². The lowest BCUT2D eigenvalue weighted by atomic mass is 10.1. The number of aromatic amines is 1. The van der Waals surface area contributed by atoms with E-state index in [1.54, 1.807) is 6.07 Å². The van der Waals surface area contributed by atoms with Crippen molar-refractivity contribution >= 4 is 40.3 Å². The lowest BCUT2D eigenvalue weighted by molar-refractivity contribution is -0.119. The first-order chi connectivity index (χ1) is 12.1. The van der Waals surface area contributed by atoms with Gasteiger partial charge in [-0.25, -0.2) is 4.98 Å². The van der Waals surface area contributed by atoms with E-state index >= 15 is 0 Å². The summed E-state index contributed by atoms with van der Waals surface area (Å²) < 4.78 is 0. The third-order valence-electron chi connectivity index (χ3n) is 3.88. The van der Waals surface area contributed by atoms with Crippen molar-refractivity contribution in [2.24, 2.45) is 0 Å². The van der Waals surface area contributed by atoms with E-state index in [0.717, 1.165) is 29.0 Å². The minimum Gasteiger partial charge on any atom is -0.353 e. The number of halogens is 1. The Hall–Kier alpha value is -1.98. The number of thioether (sulfide) groups is 1. The second-order valence-corrected chi connectivity index (χ2v) is 7.39. The molecule has 3 aromatic rings. The molecule has 1 amide bonds. The molecule has 0 aliphatic rings. The molecule has 0 aliphatic carbocycles. The molecule has 6 heteroatoms. The molecule has 0 aliphatic heterocycles. The van der Waals surface area contributed by atoms with Gasteiger partial charge >= 0.3 is 0 Å². The van der Waals surface area contributed by atoms with Crippen LogP contribution in [0.3, 0.4) is 0 Å². The van der Waals surface area contributed by atoms with E-state index in [-0.39, 0.29) is 11.9 Å². The highest BCUT2D eigenvalue weighted by Crippen LogP contribution is 2.22. The standard InChI is InChI=1S/C19H20ClN3OS/c1-13(7-8-14-5-3-2-4-6-14)21-18(24)12-25-19-22-16-10-9-15(20)11-17(16)23-19/h2-6,9-11,13H,7-8,12H2,1H3,(H,21,24)(H,22,23)/t13-/m0/s1. The molecule has 1 heterocycles. The van der Waals surface area contributed by atoms with Gasteiger partial charge in [0.05, 0.1) is 16.8 Å². The number of benzene rings is 2. The Balaban J connectivity index is 1.45. The van der Waals surface area contributed by atoms with E-state index in [9.17, 15) is 4.79 Å². The zero-order chi connectivity index (χ0) is 17.6. The Morgan fingerprint density at radius 1 is 1.28 bits per heavy atom. The van der Waals surface area contributed by atoms with Crippen molar-refractivity contribution in [2.75, 3.05) is 5.75 Å². The zero-order valence-electron chi connectivity index (χ0n) is 14.0. The fourth-order valence-electron chi connectivity index (χ4n) is 2.58. The predicted octanol–water partition coefficient (Wildman–Crippen LogP) is 4.45. The maximum atomic E-state index is 12.1. The van der Waals surface area contributed by atoms with Gasteiger partial charge in [0.15, 0.2) is 5.16 Å². The highest BCUT2D eigenvalue weighted by Gasteiger charge is 2.10. The topological polar surface area (TPSA) is 57.8 Å². The molecule has 0 spiro atoms. The molecule has 1 atom stereocenters. The van der Waals surface area contributed by atoms with E-state index < -0.39 is 0 Å². The number of fused-ring (bicyclic) bond motifs is 1. The molecule has 0 bridgehead atoms. The van der Waals surface area contributed by atoms with Gasteiger partial charge in [0.1, 0.15) is 0 Å². The zero-order valence-corrected chi connectivity index (χ0v) is 15.5. The molecular formula is C19H20ClN3OS. The minimum absolute atomic E-state index is 0.0176. The monoisotopic (exact) mass is 373 g/mol. The van der Waals surface area contributed by atoms with Crippen molar-refractivity contribution in [1.82, 2.24) is 15.3 Å². The van der Waals surface area contributed by atoms with Crippen LogP contribution in [0.1, 0.15) is 18.9 Å². The first kappa shape index (κ1) is 17.8. The molecule has 4 nitrogen and oxygen atoms in total. The third kappa shape index (κ3) is 5.25. The number of rotatable bonds is 7. The minimum atomic E-state index is 0.0176. The summed E-state index contributed by atoms with van der Waals surface area (Å²) in [5.41, 5.74) is 3.02. The van der Waals surface area contributed by atoms with Gasteiger partial charge in [-0.1, -0.05) is 53.7 Å². The maximum absolute atomic E-state index is 12.1. The number of aryl methyl sites for hydroxylation is 1. The molecule has 3 rings (SSSR count). The van der Waals surface area contributed by atoms with E-state index in [2.05, 4.69) is 27.4 Å². The number of imidazole rings is 1. The van der Waals surface area contributed by atoms with Crippen LogP contribution in [-0.4, -0.2) is 27.7 Å². The molecule has 0 unspecified atom stereocenters. The van der Waals surface area contributed by atoms with Gasteiger partial charge in [-0.2, -0.15) is 0 Å². The van der Waals surface area contributed by atoms with Gasteiger partial charge in [0.2, 0.25) is 5.91 Å². The van der Waals surface area contributed by atoms with E-state index in [0.29, 0.717) is 10.8 Å². The quantitative estimate of drug-likeness (QED) is 0.602. The maximum Gasteiger partial charge on any atom is 0.230 e. The molecule has 2 aromatic carbocycles. The largest absolute Gasteiger partial charge is 0.353 e. The molecule has 130 valence electrons. The number of carbonyl (C=O) groups is 1. The van der Waals surface area contributed by atoms with Gasteiger partial charge in [0.25, 0.3) is 0 Å². The summed E-state index contributed by atoms with van der Waals surface area (Å²) in [6.07, 6.45) is 1.88. The van der Waals surface area contributed by atoms with E-state index in [1.807, 2.05) is 37.3 Å². The fraction of sp³-hybridized carbons (Fsp3) is 0.263. The van der Waals surface area contributed by atoms with E-state index in [1.165, 1.54) is 17.3 Å². The van der Waals surface area contributed by atoms with Crippen LogP contribution in [0.4, 0.5) is 0 Å². The average molecular weight is 374 g/mol. The normalized spacial score (nSPS) is 12.2. The first-order valence-electron chi connectivity index (χ1n) is 8.21. The molecule has 0 radical (unpaired) electrons. The van der Waals surface area contributed by atoms with Gasteiger partial charge < -0.3 is 10.3 Å². The van der Waals surface area contributed by atoms with Crippen LogP contribution in [0.5, 0.6) is 0 Å². The molecule has 1 aromatic heterocycles. The number of hydrogen-bond acceptors (Lipinski definition) is 3. The fourth-order valence-corrected chi connectivity index (χ4v) is 3.45. The van der Waals surface area contributed by atoms with Gasteiger partial charge in [-0.15, -0.1) is 0 Å². The average Bonchev–Trinajstić information content (AvgIpc) is 3.01. The Bertz CT molecular complexity index is 850. The van der Waals surface area contributed by atoms with Crippen molar-refractivity contribution in [3.05, 3.63) is 59.1 Å². The Morgan fingerprint density at radius 3 is 2.88 bits per heavy atom. The first-order valence-corrected chi connectivity index (χ1v) is 9.58. The Kier molecular flexibility index (Phi) is 6.00. The molecular weight excluding hydrogens is 354 g/mol. The van der Waals surface area contributed by atoms with Crippen LogP contribution in [0.25, 0.3) is 11.0 Å². The van der Waals surface area contributed by atoms with Crippen molar-refractivity contribution in [2.45, 2.75) is 31.0 Å². The highest BCUT2D eigenvalue weighted by molar-refractivity contribution is 7.99. The number of H-pyrrole nitrogens is 1. The second kappa shape index (κ2) is 8.41. The summed E-state index contributed by atoms with van der Waals surface area (Å²) in [5, 5.41) is 4.43. The van der Waals surface area contributed by atoms with Crippen LogP contribution in [-0.2, 0) is 11.2 Å². The van der Waals surface area contributed by atoms with Crippen LogP contribution in [0, 0.1) is 0 Å². The highest BCUT2D eigenvalue weighted by atomic mass is 35.5. The van der Waals surface area contributed by atoms with E-state index in [4.69, 9.17) is 11.6 Å². The Morgan fingerprint density at radius 2 is 2.08 bits per heavy atom. The molecule has 25 heavy (non-hydrogen) atoms. The van der Waals surface area contributed by atoms with Crippen molar-refractivity contribution in [1.29, 1.82) is 0 Å². The van der Waals surface area contributed by atoms with Crippen molar-refractivity contribution < 1.29 is 4.79 Å². The molecule has 0 saturated heterocycles. The predicted molar refractivity (Wildman–Crippen MR) is 104 cm³/mol. The summed E-state index contributed by atoms with van der Waals surface area (Å²) in [6.45, 7) is 2.04. The third-order valence-corrected chi connectivity index (χ3v) is 4.99. The SMILES string of the molecule is C[C@@H](CCc1ccccc1)NC(=O)CSc1nc2ccc(Cl)cc2[nH]1. The van der Waals surface area contributed by atoms with Crippen molar-refractivity contribution in [3.63, 3.8) is 0 Å². The number of nitrogens with one attached hydrogen (secondary N) is 2. The summed E-state index contributed by atoms with van der Waals surface area (Å²) in [5.74, 6) is 0.354. The lowest BCUT2D eigenvalue weighted by Crippen LogP contribution is -2.34. The van der Waals surface area contributed by atoms with Crippen molar-refractivity contribution in [3.8, 4) is 0 Å². The number of amides is 1. The second-order valence-electron chi connectivity index (χ2n) is 5.98. The van der Waals surface area contributed by atoms with Crippen LogP contribution >= 0.6 is 23.4 Å². The van der Waals surface area contributed by atoms with Crippen LogP contribution in [0.15, 0.2) is 53.7 Å². The van der Waals surface area contributed by atoms with Crippen LogP contribution in [0.2, 0.25) is 5.02 Å². The number of carbonyl (C=O) groups excluding carboxylic acids is 1. The lowest BCUT2D eigenvalue weighted by Gasteiger charge is -2.13. The van der Waals surface area contributed by atoms with Gasteiger partial charge in [-0.05, 0) is 43.5 Å². The molecule has 2 N–H and O–H groups in total. The number of nitrogens with zero attached hydrogens (tertiary/aromatic N) is 1. The molecule has 0 fully saturated rings. The summed E-state index contributed by atoms with van der Waals surface area (Å²) in [6, 6.07) is 16.0. The number of aromatic nitrogens is 2. The summed E-state index contributed by atoms with van der Waals surface area (Å²) in [4.78, 5) is 19.7. The molecule has 0 saturated carbocycles. The summed E-state index contributed by atoms with van der Waals surface area (Å²) >= 11 is 7.36. The Labute approximate surface area is 156 Å².